The average Bonchev–Trinajstić information content (AvgIpc) is 2.79. The first kappa shape index (κ1) is 23.6. The van der Waals surface area contributed by atoms with E-state index in [4.69, 9.17) is 21.4 Å². The van der Waals surface area contributed by atoms with Crippen LogP contribution in [0.5, 0.6) is 5.75 Å². The molecule has 6 heteroatoms. The Kier molecular flexibility index (Phi) is 8.12. The molecule has 0 spiro atoms. The summed E-state index contributed by atoms with van der Waals surface area (Å²) < 4.78 is 6.17. The predicted molar refractivity (Wildman–Crippen MR) is 124 cm³/mol. The summed E-state index contributed by atoms with van der Waals surface area (Å²) in [5.74, 6) is -0.0832. The van der Waals surface area contributed by atoms with Crippen molar-refractivity contribution in [3.63, 3.8) is 0 Å². The molecule has 0 heterocycles. The fourth-order valence-electron chi connectivity index (χ4n) is 3.47. The zero-order valence-electron chi connectivity index (χ0n) is 17.2. The van der Waals surface area contributed by atoms with Gasteiger partial charge >= 0.3 is 5.97 Å². The first-order chi connectivity index (χ1) is 15.1. The Bertz CT molecular complexity index is 1190. The van der Waals surface area contributed by atoms with Gasteiger partial charge in [0.1, 0.15) is 12.4 Å². The van der Waals surface area contributed by atoms with E-state index >= 15 is 0 Å². The number of aromatic carboxylic acids is 1. The molecule has 0 radical (unpaired) electrons. The second kappa shape index (κ2) is 11.0. The lowest BCUT2D eigenvalue weighted by Gasteiger charge is -2.15. The number of halogens is 2. The number of carboxylic acids is 1. The molecule has 0 saturated carbocycles. The lowest BCUT2D eigenvalue weighted by molar-refractivity contribution is -0.0000218. The van der Waals surface area contributed by atoms with Gasteiger partial charge in [0.15, 0.2) is 0 Å². The molecule has 0 aliphatic heterocycles. The summed E-state index contributed by atoms with van der Waals surface area (Å²) in [5, 5.41) is 15.5. The van der Waals surface area contributed by atoms with Crippen molar-refractivity contribution in [2.24, 2.45) is 0 Å². The smallest absolute Gasteiger partial charge is 0.335 e. The molecular weight excluding hydrogens is 445 g/mol. The van der Waals surface area contributed by atoms with Gasteiger partial charge in [0, 0.05) is 23.7 Å². The van der Waals surface area contributed by atoms with E-state index in [1.165, 1.54) is 0 Å². The van der Waals surface area contributed by atoms with Crippen molar-refractivity contribution in [1.82, 2.24) is 5.32 Å². The first-order valence-electron chi connectivity index (χ1n) is 10.0. The molecule has 4 rings (SSSR count). The van der Waals surface area contributed by atoms with Gasteiger partial charge < -0.3 is 27.6 Å². The highest BCUT2D eigenvalue weighted by molar-refractivity contribution is 6.30. The fourth-order valence-corrected chi connectivity index (χ4v) is 3.60. The minimum Gasteiger partial charge on any atom is -1.00 e. The molecule has 2 N–H and O–H groups in total. The minimum atomic E-state index is -0.919. The van der Waals surface area contributed by atoms with E-state index in [9.17, 15) is 4.79 Å². The zero-order chi connectivity index (χ0) is 21.6. The number of fused-ring (bicyclic) bond motifs is 1. The van der Waals surface area contributed by atoms with Crippen LogP contribution in [0.15, 0.2) is 84.9 Å². The van der Waals surface area contributed by atoms with Crippen molar-refractivity contribution in [3.05, 3.63) is 112 Å². The highest BCUT2D eigenvalue weighted by Crippen LogP contribution is 2.29. The molecule has 0 amide bonds. The number of benzene rings is 4. The zero-order valence-corrected chi connectivity index (χ0v) is 18.7. The molecule has 0 bridgehead atoms. The minimum absolute atomic E-state index is 0. The molecule has 0 aliphatic rings. The standard InChI is InChI=1S/C26H22ClNO3.ClH/c27-22-12-7-19(8-13-22)17-31-25-14-11-20-3-1-2-4-23(20)24(25)16-28-15-18-5-9-21(10-6-18)26(29)30;/h1-14,28H,15-17H2,(H,29,30);1H/p-1. The van der Waals surface area contributed by atoms with Crippen LogP contribution in [0, 0.1) is 0 Å². The number of hydrogen-bond donors (Lipinski definition) is 2. The Hall–Kier alpha value is -3.05. The van der Waals surface area contributed by atoms with Gasteiger partial charge in [-0.3, -0.25) is 0 Å². The van der Waals surface area contributed by atoms with Crippen molar-refractivity contribution >= 4 is 28.3 Å². The van der Waals surface area contributed by atoms with Gasteiger partial charge in [-0.15, -0.1) is 0 Å². The third kappa shape index (κ3) is 5.80. The Morgan fingerprint density at radius 3 is 2.25 bits per heavy atom. The van der Waals surface area contributed by atoms with Crippen LogP contribution >= 0.6 is 11.6 Å². The van der Waals surface area contributed by atoms with E-state index in [1.54, 1.807) is 12.1 Å². The highest BCUT2D eigenvalue weighted by atomic mass is 35.5. The molecule has 0 aliphatic carbocycles. The molecule has 0 unspecified atom stereocenters. The van der Waals surface area contributed by atoms with Gasteiger partial charge in [-0.05, 0) is 52.2 Å². The Morgan fingerprint density at radius 2 is 1.53 bits per heavy atom. The summed E-state index contributed by atoms with van der Waals surface area (Å²) in [7, 11) is 0. The van der Waals surface area contributed by atoms with Gasteiger partial charge in [0.05, 0.1) is 5.56 Å². The normalized spacial score (nSPS) is 10.5. The van der Waals surface area contributed by atoms with Crippen LogP contribution in [0.4, 0.5) is 0 Å². The maximum atomic E-state index is 11.0. The van der Waals surface area contributed by atoms with Crippen LogP contribution in [0.25, 0.3) is 10.8 Å². The van der Waals surface area contributed by atoms with Crippen LogP contribution < -0.4 is 22.5 Å². The molecule has 0 aromatic heterocycles. The number of nitrogens with one attached hydrogen (secondary N) is 1. The van der Waals surface area contributed by atoms with Gasteiger partial charge in [0.25, 0.3) is 0 Å². The van der Waals surface area contributed by atoms with Gasteiger partial charge in [-0.2, -0.15) is 0 Å². The molecule has 164 valence electrons. The molecular formula is C26H22Cl2NO3-. The van der Waals surface area contributed by atoms with Crippen molar-refractivity contribution in [3.8, 4) is 5.75 Å². The topological polar surface area (TPSA) is 58.6 Å². The Labute approximate surface area is 198 Å². The number of rotatable bonds is 8. The molecule has 4 aromatic carbocycles. The lowest BCUT2D eigenvalue weighted by Crippen LogP contribution is -3.00. The van der Waals surface area contributed by atoms with Crippen molar-refractivity contribution in [2.75, 3.05) is 0 Å². The van der Waals surface area contributed by atoms with Gasteiger partial charge in [0.2, 0.25) is 0 Å². The average molecular weight is 467 g/mol. The summed E-state index contributed by atoms with van der Waals surface area (Å²) in [6.07, 6.45) is 0. The van der Waals surface area contributed by atoms with E-state index < -0.39 is 5.97 Å². The van der Waals surface area contributed by atoms with E-state index in [0.29, 0.717) is 24.7 Å². The number of carboxylic acid groups (broad SMARTS) is 1. The van der Waals surface area contributed by atoms with Crippen molar-refractivity contribution in [1.29, 1.82) is 0 Å². The molecule has 4 nitrogen and oxygen atoms in total. The van der Waals surface area contributed by atoms with E-state index in [0.717, 1.165) is 33.2 Å². The quantitative estimate of drug-likeness (QED) is 0.418. The molecule has 0 fully saturated rings. The summed E-state index contributed by atoms with van der Waals surface area (Å²) >= 11 is 5.97. The van der Waals surface area contributed by atoms with Crippen LogP contribution in [0.1, 0.15) is 27.0 Å². The van der Waals surface area contributed by atoms with E-state index in [2.05, 4.69) is 23.5 Å². The molecule has 4 aromatic rings. The van der Waals surface area contributed by atoms with E-state index in [-0.39, 0.29) is 18.0 Å². The molecule has 32 heavy (non-hydrogen) atoms. The van der Waals surface area contributed by atoms with Crippen molar-refractivity contribution in [2.45, 2.75) is 19.7 Å². The first-order valence-corrected chi connectivity index (χ1v) is 10.4. The predicted octanol–water partition coefficient (Wildman–Crippen LogP) is 3.06. The summed E-state index contributed by atoms with van der Waals surface area (Å²) in [4.78, 5) is 11.0. The van der Waals surface area contributed by atoms with E-state index in [1.807, 2.05) is 54.6 Å². The lowest BCUT2D eigenvalue weighted by atomic mass is 10.0. The van der Waals surface area contributed by atoms with Crippen LogP contribution in [0.2, 0.25) is 5.02 Å². The summed E-state index contributed by atoms with van der Waals surface area (Å²) in [5.41, 5.74) is 3.45. The maximum Gasteiger partial charge on any atom is 0.335 e. The summed E-state index contributed by atoms with van der Waals surface area (Å²) in [6, 6.07) is 26.9. The van der Waals surface area contributed by atoms with Gasteiger partial charge in [-0.25, -0.2) is 4.79 Å². The largest absolute Gasteiger partial charge is 1.00 e. The number of carbonyl (C=O) groups is 1. The second-order valence-electron chi connectivity index (χ2n) is 7.28. The van der Waals surface area contributed by atoms with Crippen molar-refractivity contribution < 1.29 is 27.0 Å². The number of hydrogen-bond acceptors (Lipinski definition) is 3. The molecule has 0 saturated heterocycles. The molecule has 0 atom stereocenters. The van der Waals surface area contributed by atoms with Crippen LogP contribution in [0.3, 0.4) is 0 Å². The maximum absolute atomic E-state index is 11.0. The Morgan fingerprint density at radius 1 is 0.844 bits per heavy atom. The number of ether oxygens (including phenoxy) is 1. The van der Waals surface area contributed by atoms with Crippen LogP contribution in [-0.2, 0) is 19.7 Å². The highest BCUT2D eigenvalue weighted by Gasteiger charge is 2.10. The third-order valence-electron chi connectivity index (χ3n) is 5.14. The SMILES string of the molecule is O=C(O)c1ccc(CNCc2c(OCc3ccc(Cl)cc3)ccc3ccccc23)cc1.[Cl-]. The Balaban J connectivity index is 0.00000289. The second-order valence-corrected chi connectivity index (χ2v) is 7.72. The third-order valence-corrected chi connectivity index (χ3v) is 5.39. The fraction of sp³-hybridized carbons (Fsp3) is 0.115. The monoisotopic (exact) mass is 466 g/mol. The summed E-state index contributed by atoms with van der Waals surface area (Å²) in [6.45, 7) is 1.71. The van der Waals surface area contributed by atoms with Gasteiger partial charge in [-0.1, -0.05) is 66.2 Å². The van der Waals surface area contributed by atoms with Crippen LogP contribution in [-0.4, -0.2) is 11.1 Å².